The van der Waals surface area contributed by atoms with Gasteiger partial charge < -0.3 is 59.9 Å². The van der Waals surface area contributed by atoms with Crippen molar-refractivity contribution in [2.24, 2.45) is 0 Å². The van der Waals surface area contributed by atoms with E-state index in [1.165, 1.54) is 0 Å². The Balaban J connectivity index is 0.000000900. The first-order valence-electron chi connectivity index (χ1n) is 31.9. The highest BCUT2D eigenvalue weighted by Gasteiger charge is 2.23. The molecule has 0 spiro atoms. The van der Waals surface area contributed by atoms with E-state index >= 15 is 0 Å². The van der Waals surface area contributed by atoms with Crippen LogP contribution in [-0.4, -0.2) is 124 Å². The van der Waals surface area contributed by atoms with Crippen molar-refractivity contribution in [2.75, 3.05) is 66.8 Å². The van der Waals surface area contributed by atoms with Crippen LogP contribution in [0.15, 0.2) is 24.3 Å². The Morgan fingerprint density at radius 2 is 0.633 bits per heavy atom. The van der Waals surface area contributed by atoms with Gasteiger partial charge in [0.05, 0.1) is 64.6 Å². The third kappa shape index (κ3) is 38.2. The summed E-state index contributed by atoms with van der Waals surface area (Å²) in [4.78, 5) is 72.6. The molecule has 0 aromatic heterocycles. The minimum atomic E-state index is -1.01. The number of ether oxygens (including phenoxy) is 6. The van der Waals surface area contributed by atoms with Crippen LogP contribution in [0.5, 0.6) is 34.5 Å². The number of hydrogen-bond acceptors (Lipinski definition) is 14. The summed E-state index contributed by atoms with van der Waals surface area (Å²) in [5.41, 5.74) is 0.795. The van der Waals surface area contributed by atoms with Gasteiger partial charge in [-0.2, -0.15) is 0 Å². The number of carboxylic acids is 2. The highest BCUT2D eigenvalue weighted by atomic mass is 16.5. The zero-order valence-corrected chi connectivity index (χ0v) is 53.6. The van der Waals surface area contributed by atoms with Crippen LogP contribution in [0.25, 0.3) is 0 Å². The lowest BCUT2D eigenvalue weighted by Gasteiger charge is -2.19. The number of terminal acetylenes is 6. The topological polar surface area (TPSA) is 246 Å². The second-order valence-corrected chi connectivity index (χ2v) is 21.3. The number of carboxylic acid groups (broad SMARTS) is 2. The third-order valence-electron chi connectivity index (χ3n) is 13.9. The molecular formula is C72H100N4O14. The molecule has 0 heterocycles. The van der Waals surface area contributed by atoms with E-state index in [1.807, 2.05) is 0 Å². The maximum Gasteiger partial charge on any atom is 0.305 e. The number of hydrogen-bond donors (Lipinski definition) is 6. The lowest BCUT2D eigenvalue weighted by molar-refractivity contribution is -0.140. The molecule has 0 fully saturated rings. The SMILES string of the molecule is C#CCCCCOc1cc(C(=O)NCCCCCCC(=O)[C@H](CC(=O)O)NC)cc(OCCCCC#C)c1OCCCCC#C.C#CCCCCOc1cc(C(=O)NCCCCCCC(=O)[C@H](CC(=O)O)NC)cc(OCCCCC#C)c1OCCCCC#C. The van der Waals surface area contributed by atoms with E-state index in [2.05, 4.69) is 56.8 Å². The summed E-state index contributed by atoms with van der Waals surface area (Å²) < 4.78 is 36.6. The monoisotopic (exact) mass is 1240 g/mol. The zero-order chi connectivity index (χ0) is 66.2. The van der Waals surface area contributed by atoms with Crippen molar-refractivity contribution in [2.45, 2.75) is 205 Å². The van der Waals surface area contributed by atoms with Gasteiger partial charge in [-0.3, -0.25) is 28.8 Å². The van der Waals surface area contributed by atoms with Crippen molar-refractivity contribution in [1.82, 2.24) is 21.3 Å². The largest absolute Gasteiger partial charge is 0.490 e. The summed E-state index contributed by atoms with van der Waals surface area (Å²) in [7, 11) is 3.17. The number of unbranched alkanes of at least 4 members (excludes halogenated alkanes) is 18. The van der Waals surface area contributed by atoms with Crippen molar-refractivity contribution in [3.05, 3.63) is 35.4 Å². The van der Waals surface area contributed by atoms with Gasteiger partial charge in [-0.05, 0) is 141 Å². The highest BCUT2D eigenvalue weighted by molar-refractivity contribution is 5.96. The molecule has 0 unspecified atom stereocenters. The molecule has 0 saturated heterocycles. The van der Waals surface area contributed by atoms with Gasteiger partial charge in [0, 0.05) is 75.6 Å². The molecule has 2 atom stereocenters. The van der Waals surface area contributed by atoms with Gasteiger partial charge in [0.2, 0.25) is 11.5 Å². The van der Waals surface area contributed by atoms with E-state index in [0.29, 0.717) is 163 Å². The van der Waals surface area contributed by atoms with Gasteiger partial charge in [-0.15, -0.1) is 74.1 Å². The normalized spacial score (nSPS) is 11.0. The van der Waals surface area contributed by atoms with E-state index in [-0.39, 0.29) is 36.2 Å². The molecule has 492 valence electrons. The number of carbonyl (C=O) groups excluding carboxylic acids is 4. The fourth-order valence-corrected chi connectivity index (χ4v) is 8.80. The Labute approximate surface area is 537 Å². The molecule has 90 heavy (non-hydrogen) atoms. The number of benzene rings is 2. The summed E-state index contributed by atoms with van der Waals surface area (Å²) in [5, 5.41) is 29.3. The van der Waals surface area contributed by atoms with Crippen molar-refractivity contribution in [3.8, 4) is 109 Å². The Bertz CT molecular complexity index is 2410. The van der Waals surface area contributed by atoms with Crippen molar-refractivity contribution in [1.29, 1.82) is 0 Å². The van der Waals surface area contributed by atoms with Crippen LogP contribution in [-0.2, 0) is 19.2 Å². The molecule has 18 nitrogen and oxygen atoms in total. The molecule has 0 aliphatic carbocycles. The third-order valence-corrected chi connectivity index (χ3v) is 13.9. The van der Waals surface area contributed by atoms with Gasteiger partial charge in [0.1, 0.15) is 11.6 Å². The van der Waals surface area contributed by atoms with Crippen LogP contribution in [0.2, 0.25) is 0 Å². The smallest absolute Gasteiger partial charge is 0.305 e. The maximum absolute atomic E-state index is 13.2. The maximum atomic E-state index is 13.2. The lowest BCUT2D eigenvalue weighted by atomic mass is 10.0. The number of aliphatic carboxylic acids is 2. The Morgan fingerprint density at radius 1 is 0.378 bits per heavy atom. The molecule has 0 aliphatic rings. The van der Waals surface area contributed by atoms with Crippen LogP contribution in [0, 0.1) is 74.1 Å². The molecule has 2 aromatic rings. The van der Waals surface area contributed by atoms with E-state index < -0.39 is 24.0 Å². The molecule has 0 bridgehead atoms. The summed E-state index contributed by atoms with van der Waals surface area (Å²) >= 11 is 0. The second kappa shape index (κ2) is 53.7. The van der Waals surface area contributed by atoms with Crippen LogP contribution >= 0.6 is 0 Å². The van der Waals surface area contributed by atoms with E-state index in [4.69, 9.17) is 77.2 Å². The van der Waals surface area contributed by atoms with Gasteiger partial charge in [-0.1, -0.05) is 25.7 Å². The zero-order valence-electron chi connectivity index (χ0n) is 53.6. The minimum absolute atomic E-state index is 0.101. The Morgan fingerprint density at radius 3 is 0.878 bits per heavy atom. The fourth-order valence-electron chi connectivity index (χ4n) is 8.80. The average molecular weight is 1250 g/mol. The number of amides is 2. The molecule has 2 amide bonds. The van der Waals surface area contributed by atoms with Crippen molar-refractivity contribution >= 4 is 35.3 Å². The summed E-state index contributed by atoms with van der Waals surface area (Å²) in [6.45, 7) is 3.42. The van der Waals surface area contributed by atoms with E-state index in [0.717, 1.165) is 116 Å². The number of carbonyl (C=O) groups is 6. The number of ketones is 2. The van der Waals surface area contributed by atoms with Crippen LogP contribution in [0.3, 0.4) is 0 Å². The van der Waals surface area contributed by atoms with Crippen molar-refractivity contribution in [3.63, 3.8) is 0 Å². The molecule has 0 radical (unpaired) electrons. The molecule has 18 heteroatoms. The first-order chi connectivity index (χ1) is 43.7. The van der Waals surface area contributed by atoms with Crippen molar-refractivity contribution < 1.29 is 67.4 Å². The van der Waals surface area contributed by atoms with Crippen LogP contribution in [0.4, 0.5) is 0 Å². The molecule has 6 N–H and O–H groups in total. The summed E-state index contributed by atoms with van der Waals surface area (Å²) in [6, 6.07) is 5.39. The quantitative estimate of drug-likeness (QED) is 0.0266. The Kier molecular flexibility index (Phi) is 47.6. The lowest BCUT2D eigenvalue weighted by Crippen LogP contribution is -2.36. The molecular weight excluding hydrogens is 1140 g/mol. The van der Waals surface area contributed by atoms with E-state index in [1.54, 1.807) is 38.4 Å². The molecule has 2 aromatic carbocycles. The first kappa shape index (κ1) is 79.8. The summed E-state index contributed by atoms with van der Waals surface area (Å²) in [6.07, 6.45) is 52.0. The average Bonchev–Trinajstić information content (AvgIpc) is 2.08. The first-order valence-corrected chi connectivity index (χ1v) is 31.9. The predicted molar refractivity (Wildman–Crippen MR) is 353 cm³/mol. The fraction of sp³-hybridized carbons (Fsp3) is 0.583. The highest BCUT2D eigenvalue weighted by Crippen LogP contribution is 2.41. The molecule has 0 saturated carbocycles. The van der Waals surface area contributed by atoms with Gasteiger partial charge in [-0.25, -0.2) is 0 Å². The summed E-state index contributed by atoms with van der Waals surface area (Å²) in [5.74, 6) is 15.7. The van der Waals surface area contributed by atoms with Gasteiger partial charge >= 0.3 is 11.9 Å². The standard InChI is InChI=1S/2C36H50N2O7/c2*1-5-8-11-18-23-43-32-26-29(27-33(44-24-19-12-9-6-2)35(32)45-25-20-13-10-7-3)36(42)38-22-17-15-14-16-21-31(39)30(37-4)28-34(40)41/h2*1-3,26-27,30,37H,8-25,28H2,4H3,(H,38,42)(H,40,41)/t2*30-/m00/s1. The number of rotatable bonds is 54. The number of likely N-dealkylation sites (N-methyl/N-ethyl adjacent to an activating group) is 2. The number of Topliss-reactive ketones (excluding diaryl/α,β-unsaturated/α-hetero) is 2. The molecule has 2 rings (SSSR count). The molecule has 0 aliphatic heterocycles. The van der Waals surface area contributed by atoms with Gasteiger partial charge in [0.25, 0.3) is 11.8 Å². The predicted octanol–water partition coefficient (Wildman–Crippen LogP) is 11.1. The van der Waals surface area contributed by atoms with Gasteiger partial charge in [0.15, 0.2) is 23.0 Å². The van der Waals surface area contributed by atoms with Crippen LogP contribution in [0.1, 0.15) is 213 Å². The Hall–Kier alpha value is -8.26. The number of nitrogens with one attached hydrogen (secondary N) is 4. The minimum Gasteiger partial charge on any atom is -0.490 e. The second-order valence-electron chi connectivity index (χ2n) is 21.3. The van der Waals surface area contributed by atoms with Crippen LogP contribution < -0.4 is 49.7 Å². The van der Waals surface area contributed by atoms with E-state index in [9.17, 15) is 28.8 Å².